The molecule has 2 saturated carbocycles. The zero-order valence-electron chi connectivity index (χ0n) is 10.8. The van der Waals surface area contributed by atoms with Crippen molar-refractivity contribution in [1.29, 1.82) is 0 Å². The maximum absolute atomic E-state index is 12.1. The first-order chi connectivity index (χ1) is 8.58. The summed E-state index contributed by atoms with van der Waals surface area (Å²) in [7, 11) is 3.87. The summed E-state index contributed by atoms with van der Waals surface area (Å²) in [5.41, 5.74) is 0. The molecule has 3 rings (SSSR count). The summed E-state index contributed by atoms with van der Waals surface area (Å²) in [4.78, 5) is 25.8. The van der Waals surface area contributed by atoms with Crippen molar-refractivity contribution in [2.75, 3.05) is 27.2 Å². The molecular weight excluding hydrogens is 234 g/mol. The number of rotatable bonds is 4. The molecule has 100 valence electrons. The predicted octanol–water partition coefficient (Wildman–Crippen LogP) is 0.289. The molecule has 0 spiro atoms. The molecular formula is C13H19NO4. The average molecular weight is 253 g/mol. The predicted molar refractivity (Wildman–Crippen MR) is 62.6 cm³/mol. The van der Waals surface area contributed by atoms with Gasteiger partial charge in [0, 0.05) is 12.5 Å². The van der Waals surface area contributed by atoms with Crippen LogP contribution < -0.4 is 0 Å². The van der Waals surface area contributed by atoms with Crippen LogP contribution in [0, 0.1) is 23.7 Å². The van der Waals surface area contributed by atoms with Crippen LogP contribution in [0.4, 0.5) is 0 Å². The van der Waals surface area contributed by atoms with E-state index in [1.54, 1.807) is 0 Å². The Labute approximate surface area is 106 Å². The lowest BCUT2D eigenvalue weighted by molar-refractivity contribution is -0.156. The molecule has 0 N–H and O–H groups in total. The van der Waals surface area contributed by atoms with Crippen molar-refractivity contribution in [2.45, 2.75) is 18.9 Å². The Bertz CT molecular complexity index is 379. The first-order valence-electron chi connectivity index (χ1n) is 6.60. The van der Waals surface area contributed by atoms with Gasteiger partial charge >= 0.3 is 11.9 Å². The second-order valence-corrected chi connectivity index (χ2v) is 5.89. The van der Waals surface area contributed by atoms with Gasteiger partial charge in [0.15, 0.2) is 0 Å². The summed E-state index contributed by atoms with van der Waals surface area (Å²) < 4.78 is 10.6. The van der Waals surface area contributed by atoms with Gasteiger partial charge < -0.3 is 14.4 Å². The van der Waals surface area contributed by atoms with E-state index in [9.17, 15) is 9.59 Å². The minimum atomic E-state index is -0.247. The quantitative estimate of drug-likeness (QED) is 0.674. The summed E-state index contributed by atoms with van der Waals surface area (Å²) in [6.45, 7) is 1.11. The number of likely N-dealkylation sites (N-methyl/N-ethyl adjacent to an activating group) is 1. The van der Waals surface area contributed by atoms with E-state index < -0.39 is 0 Å². The number of fused-ring (bicyclic) bond motifs is 1. The molecule has 2 aliphatic carbocycles. The highest BCUT2D eigenvalue weighted by Crippen LogP contribution is 2.57. The molecule has 0 aromatic carbocycles. The molecule has 3 aliphatic rings. The second-order valence-electron chi connectivity index (χ2n) is 5.89. The molecule has 0 amide bonds. The van der Waals surface area contributed by atoms with Crippen LogP contribution in [0.2, 0.25) is 0 Å². The van der Waals surface area contributed by atoms with Gasteiger partial charge in [-0.25, -0.2) is 0 Å². The Kier molecular flexibility index (Phi) is 2.81. The number of hydrogen-bond acceptors (Lipinski definition) is 5. The van der Waals surface area contributed by atoms with E-state index >= 15 is 0 Å². The van der Waals surface area contributed by atoms with Gasteiger partial charge in [0.1, 0.15) is 12.7 Å². The van der Waals surface area contributed by atoms with Gasteiger partial charge in [0.25, 0.3) is 0 Å². The number of ether oxygens (including phenoxy) is 2. The minimum absolute atomic E-state index is 0.0818. The van der Waals surface area contributed by atoms with E-state index in [-0.39, 0.29) is 35.8 Å². The van der Waals surface area contributed by atoms with Crippen LogP contribution in [0.25, 0.3) is 0 Å². The molecule has 5 unspecified atom stereocenters. The highest BCUT2D eigenvalue weighted by atomic mass is 16.6. The van der Waals surface area contributed by atoms with Gasteiger partial charge in [-0.3, -0.25) is 9.59 Å². The molecule has 5 nitrogen and oxygen atoms in total. The molecule has 5 heteroatoms. The summed E-state index contributed by atoms with van der Waals surface area (Å²) in [6, 6.07) is 0. The molecule has 1 aliphatic heterocycles. The maximum atomic E-state index is 12.1. The van der Waals surface area contributed by atoms with Crippen molar-refractivity contribution in [2.24, 2.45) is 23.7 Å². The molecule has 18 heavy (non-hydrogen) atoms. The molecule has 1 saturated heterocycles. The van der Waals surface area contributed by atoms with Crippen LogP contribution in [0.3, 0.4) is 0 Å². The van der Waals surface area contributed by atoms with Gasteiger partial charge in [-0.1, -0.05) is 0 Å². The van der Waals surface area contributed by atoms with Gasteiger partial charge in [-0.05, 0) is 32.9 Å². The number of carbonyl (C=O) groups excluding carboxylic acids is 2. The van der Waals surface area contributed by atoms with Crippen LogP contribution in [-0.2, 0) is 19.1 Å². The van der Waals surface area contributed by atoms with Crippen molar-refractivity contribution in [1.82, 2.24) is 4.90 Å². The topological polar surface area (TPSA) is 55.8 Å². The third-order valence-electron chi connectivity index (χ3n) is 4.54. The lowest BCUT2D eigenvalue weighted by Crippen LogP contribution is -2.34. The smallest absolute Gasteiger partial charge is 0.310 e. The van der Waals surface area contributed by atoms with E-state index in [0.717, 1.165) is 12.8 Å². The normalized spacial score (nSPS) is 40.4. The summed E-state index contributed by atoms with van der Waals surface area (Å²) in [6.07, 6.45) is 1.88. The molecule has 0 aromatic rings. The zero-order valence-corrected chi connectivity index (χ0v) is 10.8. The Morgan fingerprint density at radius 2 is 2.22 bits per heavy atom. The zero-order chi connectivity index (χ0) is 12.9. The lowest BCUT2D eigenvalue weighted by Gasteiger charge is -2.23. The van der Waals surface area contributed by atoms with Gasteiger partial charge in [0.2, 0.25) is 0 Å². The Balaban J connectivity index is 1.63. The number of hydrogen-bond donors (Lipinski definition) is 0. The Hall–Kier alpha value is -1.10. The van der Waals surface area contributed by atoms with Crippen molar-refractivity contribution in [3.05, 3.63) is 0 Å². The van der Waals surface area contributed by atoms with Crippen LogP contribution in [0.15, 0.2) is 0 Å². The van der Waals surface area contributed by atoms with E-state index in [0.29, 0.717) is 19.1 Å². The van der Waals surface area contributed by atoms with E-state index in [1.807, 2.05) is 19.0 Å². The van der Waals surface area contributed by atoms with Crippen molar-refractivity contribution < 1.29 is 19.1 Å². The third kappa shape index (κ3) is 1.72. The maximum Gasteiger partial charge on any atom is 0.310 e. The number of nitrogens with zero attached hydrogens (tertiary/aromatic N) is 1. The number of carbonyl (C=O) groups is 2. The third-order valence-corrected chi connectivity index (χ3v) is 4.54. The summed E-state index contributed by atoms with van der Waals surface area (Å²) in [5, 5.41) is 0. The van der Waals surface area contributed by atoms with E-state index in [1.165, 1.54) is 0 Å². The molecule has 5 atom stereocenters. The van der Waals surface area contributed by atoms with Crippen molar-refractivity contribution in [3.63, 3.8) is 0 Å². The van der Waals surface area contributed by atoms with E-state index in [4.69, 9.17) is 9.47 Å². The summed E-state index contributed by atoms with van der Waals surface area (Å²) in [5.74, 6) is -0.285. The summed E-state index contributed by atoms with van der Waals surface area (Å²) >= 11 is 0. The van der Waals surface area contributed by atoms with Crippen LogP contribution in [0.1, 0.15) is 12.8 Å². The average Bonchev–Trinajstić information content (AvgIpc) is 2.88. The van der Waals surface area contributed by atoms with Crippen LogP contribution in [-0.4, -0.2) is 50.2 Å². The largest absolute Gasteiger partial charge is 0.464 e. The molecule has 0 aromatic heterocycles. The van der Waals surface area contributed by atoms with Crippen LogP contribution >= 0.6 is 0 Å². The Morgan fingerprint density at radius 1 is 1.44 bits per heavy atom. The highest BCUT2D eigenvalue weighted by Gasteiger charge is 2.64. The lowest BCUT2D eigenvalue weighted by atomic mass is 9.80. The van der Waals surface area contributed by atoms with Crippen molar-refractivity contribution >= 4 is 11.9 Å². The minimum Gasteiger partial charge on any atom is -0.464 e. The van der Waals surface area contributed by atoms with Gasteiger partial charge in [-0.15, -0.1) is 0 Å². The molecule has 3 fully saturated rings. The first-order valence-corrected chi connectivity index (χ1v) is 6.60. The fraction of sp³-hybridized carbons (Fsp3) is 0.846. The molecule has 0 radical (unpaired) electrons. The number of esters is 2. The fourth-order valence-electron chi connectivity index (χ4n) is 3.75. The van der Waals surface area contributed by atoms with Crippen molar-refractivity contribution in [3.8, 4) is 0 Å². The Morgan fingerprint density at radius 3 is 2.94 bits per heavy atom. The monoisotopic (exact) mass is 253 g/mol. The fourth-order valence-corrected chi connectivity index (χ4v) is 3.75. The van der Waals surface area contributed by atoms with E-state index in [2.05, 4.69) is 0 Å². The second kappa shape index (κ2) is 4.23. The standard InChI is InChI=1S/C13H19NO4/c1-14(2)3-4-17-12(15)10-7-5-8-9(6-7)18-13(16)11(8)10/h7-11H,3-6H2,1-2H3. The van der Waals surface area contributed by atoms with Crippen LogP contribution in [0.5, 0.6) is 0 Å². The highest BCUT2D eigenvalue weighted by molar-refractivity contribution is 5.85. The SMILES string of the molecule is CN(C)CCOC(=O)C1C2CC3OC(=O)C1C3C2. The molecule has 2 bridgehead atoms. The van der Waals surface area contributed by atoms with Gasteiger partial charge in [-0.2, -0.15) is 0 Å². The molecule has 1 heterocycles. The first kappa shape index (κ1) is 12.0. The van der Waals surface area contributed by atoms with Gasteiger partial charge in [0.05, 0.1) is 11.8 Å².